The number of hydrogen-bond donors (Lipinski definition) is 2. The largest absolute Gasteiger partial charge is 0.472 e. The number of hydrogen-bond acceptors (Lipinski definition) is 11. The van der Waals surface area contributed by atoms with Gasteiger partial charge in [-0.25, -0.2) is 4.57 Å². The summed E-state index contributed by atoms with van der Waals surface area (Å²) >= 11 is 0. The van der Waals surface area contributed by atoms with Crippen LogP contribution in [0.3, 0.4) is 0 Å². The van der Waals surface area contributed by atoms with Crippen LogP contribution in [0.15, 0.2) is 0 Å². The molecular weight excluding hydrogens is 419 g/mol. The minimum atomic E-state index is -5.14. The van der Waals surface area contributed by atoms with Crippen molar-refractivity contribution < 1.29 is 61.7 Å². The zero-order valence-electron chi connectivity index (χ0n) is 16.1. The normalized spacial score (nSPS) is 26.9. The maximum Gasteiger partial charge on any atom is 0.472 e. The lowest BCUT2D eigenvalue weighted by Crippen LogP contribution is -2.61. The van der Waals surface area contributed by atoms with Gasteiger partial charge >= 0.3 is 31.7 Å². The Labute approximate surface area is 165 Å². The van der Waals surface area contributed by atoms with E-state index >= 15 is 0 Å². The van der Waals surface area contributed by atoms with Crippen LogP contribution in [0.25, 0.3) is 0 Å². The number of ether oxygens (including phenoxy) is 5. The van der Waals surface area contributed by atoms with E-state index in [2.05, 4.69) is 4.52 Å². The average Bonchev–Trinajstić information content (AvgIpc) is 2.51. The Hall–Kier alpha value is -2.05. The zero-order valence-corrected chi connectivity index (χ0v) is 17.0. The van der Waals surface area contributed by atoms with E-state index in [-0.39, 0.29) is 13.0 Å². The average molecular weight is 442 g/mol. The van der Waals surface area contributed by atoms with E-state index in [4.69, 9.17) is 33.5 Å². The molecule has 14 heteroatoms. The first kappa shape index (κ1) is 25.0. The van der Waals surface area contributed by atoms with Crippen molar-refractivity contribution in [2.45, 2.75) is 64.8 Å². The zero-order chi connectivity index (χ0) is 22.4. The fourth-order valence-corrected chi connectivity index (χ4v) is 3.07. The van der Waals surface area contributed by atoms with Crippen molar-refractivity contribution in [2.24, 2.45) is 0 Å². The lowest BCUT2D eigenvalue weighted by Gasteiger charge is -2.44. The monoisotopic (exact) mass is 442 g/mol. The molecule has 13 nitrogen and oxygen atoms in total. The second-order valence-electron chi connectivity index (χ2n) is 5.99. The first-order chi connectivity index (χ1) is 13.3. The van der Waals surface area contributed by atoms with Gasteiger partial charge in [0.25, 0.3) is 0 Å². The number of phosphoric ester groups is 1. The molecule has 0 aromatic heterocycles. The maximum atomic E-state index is 11.6. The molecule has 0 bridgehead atoms. The van der Waals surface area contributed by atoms with Crippen molar-refractivity contribution in [3.05, 3.63) is 0 Å². The summed E-state index contributed by atoms with van der Waals surface area (Å²) < 4.78 is 41.3. The van der Waals surface area contributed by atoms with Gasteiger partial charge in [-0.05, 0) is 0 Å². The molecule has 1 aliphatic rings. The highest BCUT2D eigenvalue weighted by atomic mass is 31.2. The van der Waals surface area contributed by atoms with Crippen LogP contribution in [0.4, 0.5) is 0 Å². The van der Waals surface area contributed by atoms with Gasteiger partial charge in [-0.3, -0.25) is 23.7 Å². The molecule has 5 atom stereocenters. The molecule has 1 unspecified atom stereocenters. The summed E-state index contributed by atoms with van der Waals surface area (Å²) in [5.41, 5.74) is 0. The Bertz CT molecular complexity index is 671. The van der Waals surface area contributed by atoms with Crippen LogP contribution in [0.5, 0.6) is 0 Å². The molecule has 0 radical (unpaired) electrons. The molecule has 0 aliphatic carbocycles. The standard InChI is InChI=1S/C15H23O13P/c1-7(16)23-6-5-11-12(24-8(2)17)13(25-9(3)18)14(26-10(4)19)15(27-11)28-29(20,21)22/h11-15H,5-6H2,1-4H3,(H2,20,21,22)/t11-,12-,13+,14+,15?/m1/s1. The van der Waals surface area contributed by atoms with Crippen LogP contribution in [0, 0.1) is 0 Å². The number of carbonyl (C=O) groups is 4. The summed E-state index contributed by atoms with van der Waals surface area (Å²) in [5, 5.41) is 0. The van der Waals surface area contributed by atoms with Crippen LogP contribution in [0.1, 0.15) is 34.1 Å². The molecule has 166 valence electrons. The fraction of sp³-hybridized carbons (Fsp3) is 0.733. The first-order valence-electron chi connectivity index (χ1n) is 8.34. The van der Waals surface area contributed by atoms with E-state index < -0.39 is 62.4 Å². The molecule has 29 heavy (non-hydrogen) atoms. The van der Waals surface area contributed by atoms with Crippen molar-refractivity contribution >= 4 is 31.7 Å². The van der Waals surface area contributed by atoms with Gasteiger partial charge in [-0.2, -0.15) is 0 Å². The predicted octanol–water partition coefficient (Wildman–Crippen LogP) is -0.431. The molecule has 0 spiro atoms. The number of rotatable bonds is 8. The van der Waals surface area contributed by atoms with Crippen molar-refractivity contribution in [1.82, 2.24) is 0 Å². The van der Waals surface area contributed by atoms with Gasteiger partial charge in [0.1, 0.15) is 6.10 Å². The second-order valence-corrected chi connectivity index (χ2v) is 7.18. The third-order valence-electron chi connectivity index (χ3n) is 3.45. The van der Waals surface area contributed by atoms with E-state index in [1.165, 1.54) is 0 Å². The third-order valence-corrected chi connectivity index (χ3v) is 3.93. The predicted molar refractivity (Wildman–Crippen MR) is 89.7 cm³/mol. The Kier molecular flexibility index (Phi) is 9.17. The SMILES string of the molecule is CC(=O)OCC[C@H]1OC(OP(=O)(O)O)[C@@H](OC(C)=O)[C@@H](OC(C)=O)[C@@H]1OC(C)=O. The Morgan fingerprint density at radius 3 is 1.76 bits per heavy atom. The van der Waals surface area contributed by atoms with Gasteiger partial charge in [-0.15, -0.1) is 0 Å². The molecule has 0 amide bonds. The highest BCUT2D eigenvalue weighted by Crippen LogP contribution is 2.42. The summed E-state index contributed by atoms with van der Waals surface area (Å²) in [6, 6.07) is 0. The van der Waals surface area contributed by atoms with Crippen molar-refractivity contribution in [1.29, 1.82) is 0 Å². The Morgan fingerprint density at radius 1 is 0.828 bits per heavy atom. The van der Waals surface area contributed by atoms with E-state index in [0.717, 1.165) is 27.7 Å². The first-order valence-corrected chi connectivity index (χ1v) is 9.87. The third kappa shape index (κ3) is 8.88. The highest BCUT2D eigenvalue weighted by Gasteiger charge is 2.53. The van der Waals surface area contributed by atoms with Gasteiger partial charge in [0, 0.05) is 34.1 Å². The molecule has 1 rings (SSSR count). The summed E-state index contributed by atoms with van der Waals surface area (Å²) in [7, 11) is -5.14. The molecule has 1 heterocycles. The van der Waals surface area contributed by atoms with Crippen LogP contribution in [-0.2, 0) is 52.0 Å². The van der Waals surface area contributed by atoms with Gasteiger partial charge < -0.3 is 33.5 Å². The van der Waals surface area contributed by atoms with Crippen molar-refractivity contribution in [3.8, 4) is 0 Å². The number of carbonyl (C=O) groups excluding carboxylic acids is 4. The molecule has 1 aliphatic heterocycles. The molecule has 2 N–H and O–H groups in total. The quantitative estimate of drug-likeness (QED) is 0.281. The Balaban J connectivity index is 3.30. The van der Waals surface area contributed by atoms with E-state index in [9.17, 15) is 23.7 Å². The highest BCUT2D eigenvalue weighted by molar-refractivity contribution is 7.46. The van der Waals surface area contributed by atoms with E-state index in [1.54, 1.807) is 0 Å². The summed E-state index contributed by atoms with van der Waals surface area (Å²) in [6.45, 7) is 4.02. The van der Waals surface area contributed by atoms with Crippen molar-refractivity contribution in [2.75, 3.05) is 6.61 Å². The lowest BCUT2D eigenvalue weighted by molar-refractivity contribution is -0.288. The van der Waals surface area contributed by atoms with Gasteiger partial charge in [0.15, 0.2) is 18.3 Å². The molecule has 1 fully saturated rings. The summed E-state index contributed by atoms with van der Waals surface area (Å²) in [4.78, 5) is 63.9. The minimum Gasteiger partial charge on any atom is -0.466 e. The molecule has 0 aromatic carbocycles. The molecular formula is C15H23O13P. The fourth-order valence-electron chi connectivity index (χ4n) is 2.63. The Morgan fingerprint density at radius 2 is 1.31 bits per heavy atom. The maximum absolute atomic E-state index is 11.6. The van der Waals surface area contributed by atoms with Crippen LogP contribution >= 0.6 is 7.82 Å². The summed E-state index contributed by atoms with van der Waals surface area (Å²) in [5.74, 6) is -3.18. The molecule has 0 aromatic rings. The van der Waals surface area contributed by atoms with E-state index in [0.29, 0.717) is 0 Å². The van der Waals surface area contributed by atoms with E-state index in [1.807, 2.05) is 0 Å². The lowest BCUT2D eigenvalue weighted by atomic mass is 9.96. The minimum absolute atomic E-state index is 0.122. The number of phosphoric acid groups is 1. The summed E-state index contributed by atoms with van der Waals surface area (Å²) in [6.07, 6.45) is -7.73. The molecule has 0 saturated carbocycles. The number of esters is 4. The van der Waals surface area contributed by atoms with Gasteiger partial charge in [0.2, 0.25) is 6.29 Å². The van der Waals surface area contributed by atoms with Crippen molar-refractivity contribution in [3.63, 3.8) is 0 Å². The van der Waals surface area contributed by atoms with Gasteiger partial charge in [-0.1, -0.05) is 0 Å². The molecule has 1 saturated heterocycles. The van der Waals surface area contributed by atoms with Crippen LogP contribution in [-0.4, -0.2) is 71.0 Å². The second kappa shape index (κ2) is 10.6. The van der Waals surface area contributed by atoms with Crippen LogP contribution in [0.2, 0.25) is 0 Å². The van der Waals surface area contributed by atoms with Gasteiger partial charge in [0.05, 0.1) is 6.61 Å². The van der Waals surface area contributed by atoms with Crippen LogP contribution < -0.4 is 0 Å². The topological polar surface area (TPSA) is 181 Å². The smallest absolute Gasteiger partial charge is 0.466 e.